The van der Waals surface area contributed by atoms with Crippen molar-refractivity contribution < 1.29 is 8.78 Å². The lowest BCUT2D eigenvalue weighted by molar-refractivity contribution is 0.589. The number of fused-ring (bicyclic) bond motifs is 1. The molecule has 0 aliphatic carbocycles. The number of hydrogen-bond donors (Lipinski definition) is 1. The van der Waals surface area contributed by atoms with Gasteiger partial charge in [-0.05, 0) is 13.0 Å². The first-order valence-corrected chi connectivity index (χ1v) is 4.93. The van der Waals surface area contributed by atoms with Gasteiger partial charge in [0.15, 0.2) is 5.82 Å². The molecule has 0 aliphatic rings. The Hall–Kier alpha value is -1.78. The third-order valence-electron chi connectivity index (χ3n) is 1.85. The van der Waals surface area contributed by atoms with Crippen molar-refractivity contribution in [3.63, 3.8) is 0 Å². The van der Waals surface area contributed by atoms with Gasteiger partial charge in [0.2, 0.25) is 0 Å². The second-order valence-electron chi connectivity index (χ2n) is 2.94. The van der Waals surface area contributed by atoms with Crippen LogP contribution in [0.3, 0.4) is 0 Å². The van der Waals surface area contributed by atoms with Gasteiger partial charge in [-0.1, -0.05) is 13.8 Å². The molecule has 0 saturated heterocycles. The van der Waals surface area contributed by atoms with Crippen molar-refractivity contribution in [1.82, 2.24) is 9.97 Å². The van der Waals surface area contributed by atoms with Gasteiger partial charge in [0, 0.05) is 6.07 Å². The van der Waals surface area contributed by atoms with Crippen molar-refractivity contribution in [3.05, 3.63) is 39.9 Å². The largest absolute Gasteiger partial charge is 0.310 e. The summed E-state index contributed by atoms with van der Waals surface area (Å²) in [5.74, 6) is -1.31. The third kappa shape index (κ3) is 2.24. The van der Waals surface area contributed by atoms with Crippen LogP contribution < -0.4 is 5.56 Å². The van der Waals surface area contributed by atoms with E-state index in [-0.39, 0.29) is 10.9 Å². The minimum Gasteiger partial charge on any atom is -0.310 e. The molecule has 1 aromatic carbocycles. The Bertz CT molecular complexity index is 564. The van der Waals surface area contributed by atoms with Gasteiger partial charge in [-0.3, -0.25) is 4.79 Å². The summed E-state index contributed by atoms with van der Waals surface area (Å²) in [5, 5.41) is -0.0758. The fourth-order valence-corrected chi connectivity index (χ4v) is 1.28. The first-order chi connectivity index (χ1) is 7.58. The van der Waals surface area contributed by atoms with E-state index < -0.39 is 17.2 Å². The van der Waals surface area contributed by atoms with E-state index in [4.69, 9.17) is 0 Å². The Kier molecular flexibility index (Phi) is 3.71. The molecule has 3 nitrogen and oxygen atoms in total. The average Bonchev–Trinajstić information content (AvgIpc) is 2.23. The number of aryl methyl sites for hydroxylation is 1. The van der Waals surface area contributed by atoms with Gasteiger partial charge >= 0.3 is 0 Å². The fraction of sp³-hybridized carbons (Fsp3) is 0.273. The Morgan fingerprint density at radius 2 is 1.88 bits per heavy atom. The molecule has 5 heteroatoms. The van der Waals surface area contributed by atoms with Crippen LogP contribution in [-0.4, -0.2) is 9.97 Å². The van der Waals surface area contributed by atoms with Crippen molar-refractivity contribution in [3.8, 4) is 0 Å². The average molecular weight is 226 g/mol. The summed E-state index contributed by atoms with van der Waals surface area (Å²) in [6.07, 6.45) is 0. The van der Waals surface area contributed by atoms with Crippen LogP contribution >= 0.6 is 0 Å². The monoisotopic (exact) mass is 226 g/mol. The lowest BCUT2D eigenvalue weighted by atomic mass is 10.2. The number of benzene rings is 1. The molecule has 86 valence electrons. The van der Waals surface area contributed by atoms with Gasteiger partial charge in [0.05, 0.1) is 5.39 Å². The predicted molar refractivity (Wildman–Crippen MR) is 58.4 cm³/mol. The molecular weight excluding hydrogens is 214 g/mol. The zero-order valence-corrected chi connectivity index (χ0v) is 9.27. The van der Waals surface area contributed by atoms with Gasteiger partial charge in [-0.15, -0.1) is 0 Å². The summed E-state index contributed by atoms with van der Waals surface area (Å²) >= 11 is 0. The SMILES string of the molecule is CC.Cc1nc2c(F)cc(F)cc2c(=O)[nH]1. The van der Waals surface area contributed by atoms with E-state index in [9.17, 15) is 13.6 Å². The van der Waals surface area contributed by atoms with Crippen LogP contribution in [0, 0.1) is 18.6 Å². The first-order valence-electron chi connectivity index (χ1n) is 4.93. The Morgan fingerprint density at radius 1 is 1.25 bits per heavy atom. The molecule has 2 rings (SSSR count). The molecule has 0 radical (unpaired) electrons. The molecule has 0 bridgehead atoms. The number of nitrogens with zero attached hydrogens (tertiary/aromatic N) is 1. The van der Waals surface area contributed by atoms with Crippen LogP contribution in [0.5, 0.6) is 0 Å². The maximum atomic E-state index is 13.2. The zero-order valence-electron chi connectivity index (χ0n) is 9.27. The molecule has 1 heterocycles. The van der Waals surface area contributed by atoms with Crippen molar-refractivity contribution in [2.75, 3.05) is 0 Å². The summed E-state index contributed by atoms with van der Waals surface area (Å²) in [6, 6.07) is 1.66. The van der Waals surface area contributed by atoms with Crippen LogP contribution in [0.2, 0.25) is 0 Å². The Labute approximate surface area is 91.1 Å². The topological polar surface area (TPSA) is 45.8 Å². The van der Waals surface area contributed by atoms with Crippen LogP contribution in [-0.2, 0) is 0 Å². The number of hydrogen-bond acceptors (Lipinski definition) is 2. The maximum Gasteiger partial charge on any atom is 0.258 e. The van der Waals surface area contributed by atoms with Crippen molar-refractivity contribution in [2.24, 2.45) is 0 Å². The quantitative estimate of drug-likeness (QED) is 0.750. The normalized spacial score (nSPS) is 9.81. The standard InChI is InChI=1S/C9H6F2N2O.C2H6/c1-4-12-8-6(9(14)13-4)2-5(10)3-7(8)11;1-2/h2-3H,1H3,(H,12,13,14);1-2H3. The fourth-order valence-electron chi connectivity index (χ4n) is 1.28. The van der Waals surface area contributed by atoms with E-state index >= 15 is 0 Å². The molecule has 0 amide bonds. The van der Waals surface area contributed by atoms with Gasteiger partial charge in [-0.25, -0.2) is 13.8 Å². The van der Waals surface area contributed by atoms with Crippen LogP contribution in [0.1, 0.15) is 19.7 Å². The summed E-state index contributed by atoms with van der Waals surface area (Å²) in [6.45, 7) is 5.53. The Balaban J connectivity index is 0.000000606. The molecule has 1 N–H and O–H groups in total. The van der Waals surface area contributed by atoms with Gasteiger partial charge < -0.3 is 4.98 Å². The molecular formula is C11H12F2N2O. The van der Waals surface area contributed by atoms with Gasteiger partial charge in [0.1, 0.15) is 17.2 Å². The molecule has 0 unspecified atom stereocenters. The second-order valence-corrected chi connectivity index (χ2v) is 2.94. The summed E-state index contributed by atoms with van der Waals surface area (Å²) in [5.41, 5.74) is -0.640. The minimum atomic E-state index is -0.825. The predicted octanol–water partition coefficient (Wildman–Crippen LogP) is 2.54. The van der Waals surface area contributed by atoms with Gasteiger partial charge in [-0.2, -0.15) is 0 Å². The van der Waals surface area contributed by atoms with Crippen LogP contribution in [0.4, 0.5) is 8.78 Å². The van der Waals surface area contributed by atoms with Gasteiger partial charge in [0.25, 0.3) is 5.56 Å². The molecule has 0 fully saturated rings. The highest BCUT2D eigenvalue weighted by atomic mass is 19.1. The highest BCUT2D eigenvalue weighted by Gasteiger charge is 2.08. The molecule has 2 aromatic rings. The van der Waals surface area contributed by atoms with E-state index in [2.05, 4.69) is 9.97 Å². The highest BCUT2D eigenvalue weighted by Crippen LogP contribution is 2.13. The second kappa shape index (κ2) is 4.83. The molecule has 0 spiro atoms. The Morgan fingerprint density at radius 3 is 2.50 bits per heavy atom. The van der Waals surface area contributed by atoms with E-state index in [1.54, 1.807) is 0 Å². The number of halogens is 2. The van der Waals surface area contributed by atoms with E-state index in [0.717, 1.165) is 6.07 Å². The first kappa shape index (κ1) is 12.3. The smallest absolute Gasteiger partial charge is 0.258 e. The van der Waals surface area contributed by atoms with E-state index in [1.165, 1.54) is 6.92 Å². The lowest BCUT2D eigenvalue weighted by Gasteiger charge is -1.99. The van der Waals surface area contributed by atoms with E-state index in [0.29, 0.717) is 11.9 Å². The number of aromatic nitrogens is 2. The van der Waals surface area contributed by atoms with Crippen LogP contribution in [0.25, 0.3) is 10.9 Å². The van der Waals surface area contributed by atoms with E-state index in [1.807, 2.05) is 13.8 Å². The molecule has 0 aliphatic heterocycles. The molecule has 0 saturated carbocycles. The summed E-state index contributed by atoms with van der Waals surface area (Å²) in [4.78, 5) is 17.4. The summed E-state index contributed by atoms with van der Waals surface area (Å²) < 4.78 is 25.9. The summed E-state index contributed by atoms with van der Waals surface area (Å²) in [7, 11) is 0. The van der Waals surface area contributed by atoms with Crippen LogP contribution in [0.15, 0.2) is 16.9 Å². The maximum absolute atomic E-state index is 13.2. The van der Waals surface area contributed by atoms with Crippen molar-refractivity contribution in [1.29, 1.82) is 0 Å². The molecule has 0 atom stereocenters. The number of nitrogens with one attached hydrogen (secondary N) is 1. The highest BCUT2D eigenvalue weighted by molar-refractivity contribution is 5.78. The molecule has 16 heavy (non-hydrogen) atoms. The van der Waals surface area contributed by atoms with Crippen molar-refractivity contribution in [2.45, 2.75) is 20.8 Å². The number of aromatic amines is 1. The third-order valence-corrected chi connectivity index (χ3v) is 1.85. The zero-order chi connectivity index (χ0) is 12.3. The number of rotatable bonds is 0. The number of H-pyrrole nitrogens is 1. The van der Waals surface area contributed by atoms with Crippen molar-refractivity contribution >= 4 is 10.9 Å². The minimum absolute atomic E-state index is 0.0758. The molecule has 1 aromatic heterocycles. The lowest BCUT2D eigenvalue weighted by Crippen LogP contribution is -2.10.